The van der Waals surface area contributed by atoms with Crippen molar-refractivity contribution < 1.29 is 0 Å². The number of aromatic amines is 1. The van der Waals surface area contributed by atoms with Crippen molar-refractivity contribution in [3.8, 4) is 0 Å². The van der Waals surface area contributed by atoms with Crippen LogP contribution in [-0.2, 0) is 0 Å². The molecule has 0 spiro atoms. The molecule has 1 fully saturated rings. The molecule has 1 aromatic carbocycles. The van der Waals surface area contributed by atoms with Gasteiger partial charge in [0.05, 0.1) is 11.7 Å². The van der Waals surface area contributed by atoms with Gasteiger partial charge in [-0.1, -0.05) is 0 Å². The fraction of sp³-hybridized carbons (Fsp3) is 0.462. The summed E-state index contributed by atoms with van der Waals surface area (Å²) in [6, 6.07) is 4.53. The zero-order valence-electron chi connectivity index (χ0n) is 9.59. The summed E-state index contributed by atoms with van der Waals surface area (Å²) in [5.74, 6) is 0.717. The van der Waals surface area contributed by atoms with Gasteiger partial charge in [0.15, 0.2) is 0 Å². The lowest BCUT2D eigenvalue weighted by Crippen LogP contribution is -2.26. The third-order valence-corrected chi connectivity index (χ3v) is 3.61. The Morgan fingerprint density at radius 3 is 2.88 bits per heavy atom. The van der Waals surface area contributed by atoms with Crippen LogP contribution in [0.25, 0.3) is 10.9 Å². The molecular formula is C13H17N3. The highest BCUT2D eigenvalue weighted by atomic mass is 15.1. The van der Waals surface area contributed by atoms with Gasteiger partial charge in [0.1, 0.15) is 0 Å². The number of piperidine rings is 1. The van der Waals surface area contributed by atoms with E-state index in [1.54, 1.807) is 0 Å². The highest BCUT2D eigenvalue weighted by Crippen LogP contribution is 2.30. The van der Waals surface area contributed by atoms with Crippen LogP contribution in [0.2, 0.25) is 0 Å². The zero-order valence-corrected chi connectivity index (χ0v) is 9.59. The Kier molecular flexibility index (Phi) is 2.40. The van der Waals surface area contributed by atoms with Gasteiger partial charge in [-0.25, -0.2) is 0 Å². The van der Waals surface area contributed by atoms with Crippen molar-refractivity contribution in [3.63, 3.8) is 0 Å². The number of hydrogen-bond donors (Lipinski definition) is 2. The van der Waals surface area contributed by atoms with E-state index in [1.807, 2.05) is 6.20 Å². The summed E-state index contributed by atoms with van der Waals surface area (Å²) in [5, 5.41) is 11.8. The average Bonchev–Trinajstić information content (AvgIpc) is 2.76. The van der Waals surface area contributed by atoms with Crippen molar-refractivity contribution in [2.45, 2.75) is 25.7 Å². The van der Waals surface area contributed by atoms with Gasteiger partial charge in [-0.15, -0.1) is 0 Å². The maximum Gasteiger partial charge on any atom is 0.0653 e. The van der Waals surface area contributed by atoms with E-state index >= 15 is 0 Å². The number of aromatic nitrogens is 2. The first-order chi connectivity index (χ1) is 7.84. The molecule has 16 heavy (non-hydrogen) atoms. The molecule has 2 heterocycles. The molecule has 0 bridgehead atoms. The lowest BCUT2D eigenvalue weighted by atomic mass is 9.87. The van der Waals surface area contributed by atoms with Crippen molar-refractivity contribution in [2.75, 3.05) is 13.1 Å². The van der Waals surface area contributed by atoms with E-state index in [9.17, 15) is 0 Å². The van der Waals surface area contributed by atoms with Gasteiger partial charge in [-0.05, 0) is 62.0 Å². The topological polar surface area (TPSA) is 40.7 Å². The van der Waals surface area contributed by atoms with Crippen LogP contribution in [0.3, 0.4) is 0 Å². The normalized spacial score (nSPS) is 18.1. The maximum atomic E-state index is 4.09. The summed E-state index contributed by atoms with van der Waals surface area (Å²) in [6.45, 7) is 4.50. The van der Waals surface area contributed by atoms with E-state index in [-0.39, 0.29) is 0 Å². The first kappa shape index (κ1) is 9.85. The molecule has 1 aromatic heterocycles. The fourth-order valence-electron chi connectivity index (χ4n) is 2.69. The van der Waals surface area contributed by atoms with Crippen LogP contribution >= 0.6 is 0 Å². The lowest BCUT2D eigenvalue weighted by molar-refractivity contribution is 0.459. The van der Waals surface area contributed by atoms with E-state index in [0.29, 0.717) is 5.92 Å². The summed E-state index contributed by atoms with van der Waals surface area (Å²) in [5.41, 5.74) is 4.07. The Hall–Kier alpha value is -1.35. The van der Waals surface area contributed by atoms with Crippen LogP contribution in [0.5, 0.6) is 0 Å². The largest absolute Gasteiger partial charge is 0.317 e. The first-order valence-electron chi connectivity index (χ1n) is 5.99. The summed E-state index contributed by atoms with van der Waals surface area (Å²) in [6.07, 6.45) is 4.40. The molecule has 3 nitrogen and oxygen atoms in total. The van der Waals surface area contributed by atoms with E-state index in [4.69, 9.17) is 0 Å². The molecule has 1 saturated heterocycles. The minimum Gasteiger partial charge on any atom is -0.317 e. The number of nitrogens with one attached hydrogen (secondary N) is 2. The van der Waals surface area contributed by atoms with Crippen molar-refractivity contribution in [2.24, 2.45) is 0 Å². The molecule has 0 radical (unpaired) electrons. The monoisotopic (exact) mass is 215 g/mol. The summed E-state index contributed by atoms with van der Waals surface area (Å²) in [7, 11) is 0. The third-order valence-electron chi connectivity index (χ3n) is 3.61. The number of fused-ring (bicyclic) bond motifs is 1. The number of rotatable bonds is 1. The van der Waals surface area contributed by atoms with E-state index in [2.05, 4.69) is 34.6 Å². The molecule has 2 N–H and O–H groups in total. The van der Waals surface area contributed by atoms with Crippen LogP contribution in [0.4, 0.5) is 0 Å². The second-order valence-corrected chi connectivity index (χ2v) is 4.69. The van der Waals surface area contributed by atoms with Crippen LogP contribution < -0.4 is 5.32 Å². The van der Waals surface area contributed by atoms with Crippen molar-refractivity contribution in [1.29, 1.82) is 0 Å². The Balaban J connectivity index is 2.03. The average molecular weight is 215 g/mol. The van der Waals surface area contributed by atoms with E-state index in [1.165, 1.54) is 34.9 Å². The molecule has 84 valence electrons. The molecule has 0 aliphatic carbocycles. The van der Waals surface area contributed by atoms with Crippen molar-refractivity contribution >= 4 is 10.9 Å². The van der Waals surface area contributed by atoms with Gasteiger partial charge < -0.3 is 5.32 Å². The molecule has 3 heteroatoms. The first-order valence-corrected chi connectivity index (χ1v) is 5.99. The minimum atomic E-state index is 0.717. The SMILES string of the molecule is Cc1cc2cn[nH]c2cc1C1CCNCC1. The number of nitrogens with zero attached hydrogens (tertiary/aromatic N) is 1. The Morgan fingerprint density at radius 2 is 2.06 bits per heavy atom. The van der Waals surface area contributed by atoms with Gasteiger partial charge in [-0.3, -0.25) is 5.10 Å². The minimum absolute atomic E-state index is 0.717. The zero-order chi connectivity index (χ0) is 11.0. The highest BCUT2D eigenvalue weighted by Gasteiger charge is 2.17. The second-order valence-electron chi connectivity index (χ2n) is 4.69. The van der Waals surface area contributed by atoms with Crippen molar-refractivity contribution in [1.82, 2.24) is 15.5 Å². The van der Waals surface area contributed by atoms with Crippen LogP contribution in [0.15, 0.2) is 18.3 Å². The molecule has 0 amide bonds. The summed E-state index contributed by atoms with van der Waals surface area (Å²) >= 11 is 0. The standard InChI is InChI=1S/C13H17N3/c1-9-6-11-8-15-16-13(11)7-12(9)10-2-4-14-5-3-10/h6-8,10,14H,2-5H2,1H3,(H,15,16). The van der Waals surface area contributed by atoms with Crippen LogP contribution in [0.1, 0.15) is 29.9 Å². The molecule has 0 saturated carbocycles. The lowest BCUT2D eigenvalue weighted by Gasteiger charge is -2.24. The fourth-order valence-corrected chi connectivity index (χ4v) is 2.69. The van der Waals surface area contributed by atoms with Gasteiger partial charge in [-0.2, -0.15) is 5.10 Å². The van der Waals surface area contributed by atoms with Gasteiger partial charge in [0.2, 0.25) is 0 Å². The van der Waals surface area contributed by atoms with E-state index in [0.717, 1.165) is 13.1 Å². The smallest absolute Gasteiger partial charge is 0.0653 e. The Labute approximate surface area is 95.2 Å². The second kappa shape index (κ2) is 3.91. The highest BCUT2D eigenvalue weighted by molar-refractivity contribution is 5.79. The van der Waals surface area contributed by atoms with Crippen molar-refractivity contribution in [3.05, 3.63) is 29.5 Å². The Bertz CT molecular complexity index is 495. The third kappa shape index (κ3) is 1.61. The van der Waals surface area contributed by atoms with Gasteiger partial charge in [0.25, 0.3) is 0 Å². The molecule has 1 aliphatic heterocycles. The number of hydrogen-bond acceptors (Lipinski definition) is 2. The Morgan fingerprint density at radius 1 is 1.25 bits per heavy atom. The van der Waals surface area contributed by atoms with Crippen LogP contribution in [-0.4, -0.2) is 23.3 Å². The molecule has 1 aliphatic rings. The summed E-state index contributed by atoms with van der Waals surface area (Å²) in [4.78, 5) is 0. The van der Waals surface area contributed by atoms with E-state index < -0.39 is 0 Å². The quantitative estimate of drug-likeness (QED) is 0.766. The predicted octanol–water partition coefficient (Wildman–Crippen LogP) is 2.34. The molecule has 3 rings (SSSR count). The number of H-pyrrole nitrogens is 1. The summed E-state index contributed by atoms with van der Waals surface area (Å²) < 4.78 is 0. The van der Waals surface area contributed by atoms with Gasteiger partial charge in [0, 0.05) is 5.39 Å². The number of aryl methyl sites for hydroxylation is 1. The number of benzene rings is 1. The van der Waals surface area contributed by atoms with Crippen LogP contribution in [0, 0.1) is 6.92 Å². The van der Waals surface area contributed by atoms with Gasteiger partial charge >= 0.3 is 0 Å². The molecular weight excluding hydrogens is 198 g/mol. The molecule has 0 unspecified atom stereocenters. The predicted molar refractivity (Wildman–Crippen MR) is 65.7 cm³/mol. The maximum absolute atomic E-state index is 4.09. The molecule has 2 aromatic rings. The molecule has 0 atom stereocenters.